The van der Waals surface area contributed by atoms with Crippen LogP contribution in [0.3, 0.4) is 0 Å². The van der Waals surface area contributed by atoms with Gasteiger partial charge in [0.1, 0.15) is 0 Å². The molecule has 7 nitrogen and oxygen atoms in total. The lowest BCUT2D eigenvalue weighted by atomic mass is 10.1. The van der Waals surface area contributed by atoms with E-state index in [2.05, 4.69) is 25.0 Å². The van der Waals surface area contributed by atoms with E-state index in [0.29, 0.717) is 38.3 Å². The van der Waals surface area contributed by atoms with Crippen LogP contribution in [0.1, 0.15) is 21.7 Å². The number of aromatic nitrogens is 3. The summed E-state index contributed by atoms with van der Waals surface area (Å²) in [4.78, 5) is 14.3. The van der Waals surface area contributed by atoms with Crippen LogP contribution in [0.15, 0.2) is 77.8 Å². The van der Waals surface area contributed by atoms with Crippen LogP contribution in [0.5, 0.6) is 0 Å². The number of rotatable bonds is 7. The summed E-state index contributed by atoms with van der Waals surface area (Å²) in [6.45, 7) is 7.26. The minimum Gasteiger partial charge on any atom is -0.324 e. The average molecular weight is 560 g/mol. The molecule has 5 aromatic rings. The van der Waals surface area contributed by atoms with Gasteiger partial charge in [-0.2, -0.15) is 0 Å². The van der Waals surface area contributed by atoms with Crippen molar-refractivity contribution in [2.24, 2.45) is 0 Å². The Hall–Kier alpha value is -4.15. The first kappa shape index (κ1) is 26.5. The third kappa shape index (κ3) is 5.52. The molecule has 0 saturated heterocycles. The maximum atomic E-state index is 15.9. The molecule has 0 spiro atoms. The SMILES string of the molecule is Cc1ccc(Nc2nccc(-c3sc(C)nc3-c3cccc(NS(=O)(=O)c4c(C)cccc4C)c3F)n2)cc1. The van der Waals surface area contributed by atoms with E-state index in [1.165, 1.54) is 17.4 Å². The standard InChI is InChI=1S/C29H26FN5O2S2/c1-17-11-13-21(14-12-17)33-29-31-16-15-24(34-29)27-26(32-20(4)38-27)22-9-6-10-23(25(22)30)35-39(36,37)28-18(2)7-5-8-19(28)3/h5-16,35H,1-4H3,(H,31,33,34). The van der Waals surface area contributed by atoms with Crippen LogP contribution in [0.2, 0.25) is 0 Å². The zero-order chi connectivity index (χ0) is 27.7. The summed E-state index contributed by atoms with van der Waals surface area (Å²) in [6.07, 6.45) is 1.63. The van der Waals surface area contributed by atoms with Gasteiger partial charge in [0, 0.05) is 17.4 Å². The molecule has 0 fully saturated rings. The summed E-state index contributed by atoms with van der Waals surface area (Å²) < 4.78 is 44.8. The van der Waals surface area contributed by atoms with Gasteiger partial charge in [0.05, 0.1) is 31.9 Å². The number of aryl methyl sites for hydroxylation is 4. The summed E-state index contributed by atoms with van der Waals surface area (Å²) in [5.41, 5.74) is 4.10. The number of anilines is 3. The molecule has 0 amide bonds. The van der Waals surface area contributed by atoms with E-state index in [4.69, 9.17) is 0 Å². The number of hydrogen-bond acceptors (Lipinski definition) is 7. The van der Waals surface area contributed by atoms with Gasteiger partial charge in [-0.15, -0.1) is 11.3 Å². The second-order valence-corrected chi connectivity index (χ2v) is 12.0. The highest BCUT2D eigenvalue weighted by molar-refractivity contribution is 7.92. The van der Waals surface area contributed by atoms with Gasteiger partial charge in [0.25, 0.3) is 10.0 Å². The highest BCUT2D eigenvalue weighted by Gasteiger charge is 2.24. The summed E-state index contributed by atoms with van der Waals surface area (Å²) >= 11 is 1.37. The first-order valence-corrected chi connectivity index (χ1v) is 14.4. The molecule has 10 heteroatoms. The number of halogens is 1. The number of nitrogens with one attached hydrogen (secondary N) is 2. The second-order valence-electron chi connectivity index (χ2n) is 9.16. The van der Waals surface area contributed by atoms with Gasteiger partial charge >= 0.3 is 0 Å². The molecule has 198 valence electrons. The maximum absolute atomic E-state index is 15.9. The Morgan fingerprint density at radius 2 is 1.54 bits per heavy atom. The number of sulfonamides is 1. The van der Waals surface area contributed by atoms with Crippen molar-refractivity contribution in [1.82, 2.24) is 15.0 Å². The molecule has 5 rings (SSSR count). The molecule has 0 radical (unpaired) electrons. The Bertz CT molecular complexity index is 1760. The lowest BCUT2D eigenvalue weighted by molar-refractivity contribution is 0.597. The van der Waals surface area contributed by atoms with Crippen molar-refractivity contribution in [3.8, 4) is 21.8 Å². The van der Waals surface area contributed by atoms with Crippen LogP contribution in [0.4, 0.5) is 21.7 Å². The minimum absolute atomic E-state index is 0.134. The number of benzene rings is 3. The molecule has 3 aromatic carbocycles. The molecule has 2 N–H and O–H groups in total. The molecule has 0 atom stereocenters. The molecule has 0 aliphatic carbocycles. The molecular formula is C29H26FN5O2S2. The van der Waals surface area contributed by atoms with Gasteiger partial charge in [-0.25, -0.2) is 27.8 Å². The van der Waals surface area contributed by atoms with Crippen LogP contribution >= 0.6 is 11.3 Å². The first-order chi connectivity index (χ1) is 18.6. The largest absolute Gasteiger partial charge is 0.324 e. The fourth-order valence-corrected chi connectivity index (χ4v) is 6.74. The van der Waals surface area contributed by atoms with Crippen LogP contribution in [-0.2, 0) is 10.0 Å². The zero-order valence-corrected chi connectivity index (χ0v) is 23.4. The van der Waals surface area contributed by atoms with E-state index in [1.807, 2.05) is 38.1 Å². The third-order valence-corrected chi connectivity index (χ3v) is 8.77. The lowest BCUT2D eigenvalue weighted by Crippen LogP contribution is -2.16. The average Bonchev–Trinajstić information content (AvgIpc) is 3.28. The topological polar surface area (TPSA) is 96.9 Å². The molecule has 0 saturated carbocycles. The van der Waals surface area contributed by atoms with Gasteiger partial charge in [-0.3, -0.25) is 4.72 Å². The van der Waals surface area contributed by atoms with E-state index in [0.717, 1.165) is 11.3 Å². The highest BCUT2D eigenvalue weighted by Crippen LogP contribution is 2.39. The molecule has 0 aliphatic rings. The Kier molecular flexibility index (Phi) is 7.16. The quantitative estimate of drug-likeness (QED) is 0.219. The smallest absolute Gasteiger partial charge is 0.262 e. The molecule has 0 aliphatic heterocycles. The lowest BCUT2D eigenvalue weighted by Gasteiger charge is -2.14. The van der Waals surface area contributed by atoms with Gasteiger partial charge in [-0.05, 0) is 69.2 Å². The van der Waals surface area contributed by atoms with Crippen molar-refractivity contribution in [2.45, 2.75) is 32.6 Å². The van der Waals surface area contributed by atoms with Gasteiger partial charge in [-0.1, -0.05) is 42.0 Å². The molecule has 2 heterocycles. The number of nitrogens with zero attached hydrogens (tertiary/aromatic N) is 3. The van der Waals surface area contributed by atoms with Crippen molar-refractivity contribution in [2.75, 3.05) is 10.0 Å². The second kappa shape index (κ2) is 10.5. The Balaban J connectivity index is 1.51. The summed E-state index contributed by atoms with van der Waals surface area (Å²) in [5, 5.41) is 3.90. The van der Waals surface area contributed by atoms with Crippen molar-refractivity contribution < 1.29 is 12.8 Å². The summed E-state index contributed by atoms with van der Waals surface area (Å²) in [5.74, 6) is -0.324. The fourth-order valence-electron chi connectivity index (χ4n) is 4.31. The number of hydrogen-bond donors (Lipinski definition) is 2. The minimum atomic E-state index is -4.03. The molecule has 2 aromatic heterocycles. The Labute approximate surface area is 230 Å². The van der Waals surface area contributed by atoms with Crippen LogP contribution in [-0.4, -0.2) is 23.4 Å². The molecule has 0 unspecified atom stereocenters. The van der Waals surface area contributed by atoms with E-state index in [1.54, 1.807) is 56.4 Å². The monoisotopic (exact) mass is 559 g/mol. The van der Waals surface area contributed by atoms with Crippen LogP contribution in [0.25, 0.3) is 21.8 Å². The van der Waals surface area contributed by atoms with Crippen molar-refractivity contribution in [3.63, 3.8) is 0 Å². The number of thiazole rings is 1. The maximum Gasteiger partial charge on any atom is 0.262 e. The van der Waals surface area contributed by atoms with Gasteiger partial charge < -0.3 is 5.32 Å². The third-order valence-electron chi connectivity index (χ3n) is 6.11. The predicted octanol–water partition coefficient (Wildman–Crippen LogP) is 7.18. The van der Waals surface area contributed by atoms with Gasteiger partial charge in [0.15, 0.2) is 5.82 Å². The van der Waals surface area contributed by atoms with Crippen molar-refractivity contribution in [3.05, 3.63) is 100 Å². The fraction of sp³-hybridized carbons (Fsp3) is 0.138. The van der Waals surface area contributed by atoms with E-state index < -0.39 is 15.8 Å². The van der Waals surface area contributed by atoms with Gasteiger partial charge in [0.2, 0.25) is 5.95 Å². The summed E-state index contributed by atoms with van der Waals surface area (Å²) in [6, 6.07) is 19.4. The predicted molar refractivity (Wildman–Crippen MR) is 154 cm³/mol. The highest BCUT2D eigenvalue weighted by atomic mass is 32.2. The Morgan fingerprint density at radius 1 is 0.846 bits per heavy atom. The normalized spacial score (nSPS) is 11.4. The molecular weight excluding hydrogens is 533 g/mol. The van der Waals surface area contributed by atoms with Crippen molar-refractivity contribution in [1.29, 1.82) is 0 Å². The van der Waals surface area contributed by atoms with E-state index in [9.17, 15) is 8.42 Å². The summed E-state index contributed by atoms with van der Waals surface area (Å²) in [7, 11) is -4.03. The zero-order valence-electron chi connectivity index (χ0n) is 21.8. The van der Waals surface area contributed by atoms with Crippen LogP contribution < -0.4 is 10.0 Å². The first-order valence-electron chi connectivity index (χ1n) is 12.1. The molecule has 39 heavy (non-hydrogen) atoms. The molecule has 0 bridgehead atoms. The Morgan fingerprint density at radius 3 is 2.26 bits per heavy atom. The van der Waals surface area contributed by atoms with Crippen molar-refractivity contribution >= 4 is 38.7 Å². The van der Waals surface area contributed by atoms with E-state index >= 15 is 4.39 Å². The van der Waals surface area contributed by atoms with E-state index in [-0.39, 0.29) is 16.1 Å². The van der Waals surface area contributed by atoms with Crippen LogP contribution in [0, 0.1) is 33.5 Å².